The number of phenols is 1. The number of hydrazine groups is 1. The average molecular weight is 340 g/mol. The van der Waals surface area contributed by atoms with Gasteiger partial charge in [-0.1, -0.05) is 6.07 Å². The number of hydrogen-bond acceptors (Lipinski definition) is 4. The molecule has 0 saturated carbocycles. The molecule has 0 saturated heterocycles. The van der Waals surface area contributed by atoms with E-state index >= 15 is 0 Å². The summed E-state index contributed by atoms with van der Waals surface area (Å²) in [6.45, 7) is 0. The molecule has 0 fully saturated rings. The molecule has 3 N–H and O–H groups in total. The standard InChI is InChI=1S/C15H11F3N2O4/c16-15(17,18)24-12-6-4-9(5-7-12)13(22)19-20-14(23)10-2-1-3-11(21)8-10/h1-8,21H,(H,19,22)(H,20,23). The lowest BCUT2D eigenvalue weighted by molar-refractivity contribution is -0.274. The third-order valence-electron chi connectivity index (χ3n) is 2.75. The van der Waals surface area contributed by atoms with Crippen molar-refractivity contribution in [3.63, 3.8) is 0 Å². The van der Waals surface area contributed by atoms with Crippen LogP contribution in [0.15, 0.2) is 48.5 Å². The van der Waals surface area contributed by atoms with Gasteiger partial charge in [0.15, 0.2) is 0 Å². The Hall–Kier alpha value is -3.23. The van der Waals surface area contributed by atoms with Crippen molar-refractivity contribution in [1.82, 2.24) is 10.9 Å². The zero-order valence-corrected chi connectivity index (χ0v) is 11.9. The first-order valence-electron chi connectivity index (χ1n) is 6.50. The van der Waals surface area contributed by atoms with E-state index in [2.05, 4.69) is 15.6 Å². The van der Waals surface area contributed by atoms with Crippen molar-refractivity contribution in [1.29, 1.82) is 0 Å². The van der Waals surface area contributed by atoms with Crippen LogP contribution in [0.5, 0.6) is 11.5 Å². The van der Waals surface area contributed by atoms with Crippen molar-refractivity contribution in [3.05, 3.63) is 59.7 Å². The molecule has 9 heteroatoms. The number of carbonyl (C=O) groups excluding carboxylic acids is 2. The third kappa shape index (κ3) is 4.90. The normalized spacial score (nSPS) is 10.8. The van der Waals surface area contributed by atoms with Gasteiger partial charge in [0.25, 0.3) is 11.8 Å². The van der Waals surface area contributed by atoms with E-state index in [4.69, 9.17) is 0 Å². The molecule has 0 spiro atoms. The van der Waals surface area contributed by atoms with E-state index in [1.807, 2.05) is 0 Å². The minimum Gasteiger partial charge on any atom is -0.508 e. The molecule has 0 aromatic heterocycles. The number of hydrogen-bond donors (Lipinski definition) is 3. The lowest BCUT2D eigenvalue weighted by Gasteiger charge is -2.10. The minimum absolute atomic E-state index is 0.0146. The fourth-order valence-electron chi connectivity index (χ4n) is 1.71. The Labute approximate surface area is 133 Å². The number of carbonyl (C=O) groups is 2. The summed E-state index contributed by atoms with van der Waals surface area (Å²) in [4.78, 5) is 23.6. The smallest absolute Gasteiger partial charge is 0.508 e. The average Bonchev–Trinajstić information content (AvgIpc) is 2.51. The summed E-state index contributed by atoms with van der Waals surface area (Å²) in [7, 11) is 0. The monoisotopic (exact) mass is 340 g/mol. The van der Waals surface area contributed by atoms with Gasteiger partial charge in [-0.15, -0.1) is 13.2 Å². The van der Waals surface area contributed by atoms with Gasteiger partial charge in [-0.25, -0.2) is 0 Å². The van der Waals surface area contributed by atoms with Gasteiger partial charge in [-0.2, -0.15) is 0 Å². The van der Waals surface area contributed by atoms with Crippen molar-refractivity contribution in [2.24, 2.45) is 0 Å². The fraction of sp³-hybridized carbons (Fsp3) is 0.0667. The zero-order chi connectivity index (χ0) is 17.7. The molecule has 2 aromatic rings. The van der Waals surface area contributed by atoms with Gasteiger partial charge >= 0.3 is 6.36 Å². The van der Waals surface area contributed by atoms with Gasteiger partial charge in [-0.3, -0.25) is 20.4 Å². The number of aromatic hydroxyl groups is 1. The third-order valence-corrected chi connectivity index (χ3v) is 2.75. The zero-order valence-electron chi connectivity index (χ0n) is 11.9. The first-order valence-corrected chi connectivity index (χ1v) is 6.50. The van der Waals surface area contributed by atoms with Gasteiger partial charge in [-0.05, 0) is 42.5 Å². The second-order valence-corrected chi connectivity index (χ2v) is 4.53. The summed E-state index contributed by atoms with van der Waals surface area (Å²) < 4.78 is 39.8. The summed E-state index contributed by atoms with van der Waals surface area (Å²) in [5.41, 5.74) is 4.35. The highest BCUT2D eigenvalue weighted by atomic mass is 19.4. The predicted molar refractivity (Wildman–Crippen MR) is 76.2 cm³/mol. The molecule has 0 aliphatic carbocycles. The second kappa shape index (κ2) is 6.90. The molecule has 0 heterocycles. The summed E-state index contributed by atoms with van der Waals surface area (Å²) in [6, 6.07) is 9.60. The number of nitrogens with one attached hydrogen (secondary N) is 2. The number of amides is 2. The van der Waals surface area contributed by atoms with Gasteiger partial charge < -0.3 is 9.84 Å². The van der Waals surface area contributed by atoms with E-state index in [0.717, 1.165) is 24.3 Å². The van der Waals surface area contributed by atoms with E-state index in [1.165, 1.54) is 24.3 Å². The maximum Gasteiger partial charge on any atom is 0.573 e. The number of alkyl halides is 3. The molecular formula is C15H11F3N2O4. The van der Waals surface area contributed by atoms with Gasteiger partial charge in [0.2, 0.25) is 0 Å². The van der Waals surface area contributed by atoms with Gasteiger partial charge in [0.1, 0.15) is 11.5 Å². The van der Waals surface area contributed by atoms with E-state index in [1.54, 1.807) is 0 Å². The predicted octanol–water partition coefficient (Wildman–Crippen LogP) is 2.37. The number of halogens is 3. The van der Waals surface area contributed by atoms with Crippen LogP contribution in [0.25, 0.3) is 0 Å². The number of ether oxygens (including phenoxy) is 1. The molecule has 2 rings (SSSR count). The maximum atomic E-state index is 12.0. The first kappa shape index (κ1) is 17.1. The van der Waals surface area contributed by atoms with Crippen LogP contribution < -0.4 is 15.6 Å². The molecule has 0 unspecified atom stereocenters. The molecule has 2 amide bonds. The summed E-state index contributed by atoms with van der Waals surface area (Å²) in [5.74, 6) is -1.99. The Kier molecular flexibility index (Phi) is 4.93. The van der Waals surface area contributed by atoms with Crippen LogP contribution in [0.2, 0.25) is 0 Å². The Morgan fingerprint density at radius 2 is 1.50 bits per heavy atom. The van der Waals surface area contributed by atoms with Crippen LogP contribution in [0.1, 0.15) is 20.7 Å². The number of rotatable bonds is 3. The van der Waals surface area contributed by atoms with Gasteiger partial charge in [0.05, 0.1) is 0 Å². The van der Waals surface area contributed by atoms with Crippen LogP contribution in [0.4, 0.5) is 13.2 Å². The molecule has 2 aromatic carbocycles. The molecule has 0 aliphatic heterocycles. The lowest BCUT2D eigenvalue weighted by Crippen LogP contribution is -2.41. The van der Waals surface area contributed by atoms with Crippen LogP contribution in [0, 0.1) is 0 Å². The van der Waals surface area contributed by atoms with Gasteiger partial charge in [0, 0.05) is 11.1 Å². The molecule has 0 aliphatic rings. The van der Waals surface area contributed by atoms with Crippen molar-refractivity contribution in [2.75, 3.05) is 0 Å². The van der Waals surface area contributed by atoms with Crippen LogP contribution in [0.3, 0.4) is 0 Å². The molecular weight excluding hydrogens is 329 g/mol. The summed E-state index contributed by atoms with van der Waals surface area (Å²) >= 11 is 0. The largest absolute Gasteiger partial charge is 0.573 e. The molecule has 24 heavy (non-hydrogen) atoms. The number of phenolic OH excluding ortho intramolecular Hbond substituents is 1. The van der Waals surface area contributed by atoms with E-state index in [0.29, 0.717) is 0 Å². The Morgan fingerprint density at radius 3 is 2.04 bits per heavy atom. The Bertz CT molecular complexity index is 745. The topological polar surface area (TPSA) is 87.7 Å². The van der Waals surface area contributed by atoms with Crippen LogP contribution >= 0.6 is 0 Å². The van der Waals surface area contributed by atoms with Crippen LogP contribution in [-0.4, -0.2) is 23.3 Å². The molecule has 6 nitrogen and oxygen atoms in total. The first-order chi connectivity index (χ1) is 11.2. The second-order valence-electron chi connectivity index (χ2n) is 4.53. The quantitative estimate of drug-likeness (QED) is 0.749. The summed E-state index contributed by atoms with van der Waals surface area (Å²) in [5, 5.41) is 9.26. The number of benzene rings is 2. The lowest BCUT2D eigenvalue weighted by atomic mass is 10.2. The van der Waals surface area contributed by atoms with Crippen molar-refractivity contribution >= 4 is 11.8 Å². The van der Waals surface area contributed by atoms with E-state index in [9.17, 15) is 27.9 Å². The maximum absolute atomic E-state index is 12.0. The minimum atomic E-state index is -4.82. The molecule has 126 valence electrons. The van der Waals surface area contributed by atoms with Crippen molar-refractivity contribution in [2.45, 2.75) is 6.36 Å². The highest BCUT2D eigenvalue weighted by Gasteiger charge is 2.31. The molecule has 0 radical (unpaired) electrons. The highest BCUT2D eigenvalue weighted by Crippen LogP contribution is 2.22. The Balaban J connectivity index is 1.94. The molecule has 0 atom stereocenters. The SMILES string of the molecule is O=C(NNC(=O)c1cccc(O)c1)c1ccc(OC(F)(F)F)cc1. The fourth-order valence-corrected chi connectivity index (χ4v) is 1.71. The van der Waals surface area contributed by atoms with E-state index in [-0.39, 0.29) is 16.9 Å². The Morgan fingerprint density at radius 1 is 0.917 bits per heavy atom. The van der Waals surface area contributed by atoms with E-state index < -0.39 is 23.9 Å². The molecule has 0 bridgehead atoms. The van der Waals surface area contributed by atoms with Crippen LogP contribution in [-0.2, 0) is 0 Å². The van der Waals surface area contributed by atoms with Crippen molar-refractivity contribution < 1.29 is 32.6 Å². The highest BCUT2D eigenvalue weighted by molar-refractivity contribution is 5.99. The van der Waals surface area contributed by atoms with Crippen molar-refractivity contribution in [3.8, 4) is 11.5 Å². The summed E-state index contributed by atoms with van der Waals surface area (Å²) in [6.07, 6.45) is -4.82.